The van der Waals surface area contributed by atoms with Gasteiger partial charge in [0.2, 0.25) is 17.9 Å². The number of nitrogens with zero attached hydrogens (tertiary/aromatic N) is 1. The second-order valence-corrected chi connectivity index (χ2v) is 15.7. The Morgan fingerprint density at radius 3 is 2.35 bits per heavy atom. The number of aliphatic hydroxyl groups is 1. The fourth-order valence-corrected chi connectivity index (χ4v) is 8.57. The van der Waals surface area contributed by atoms with Crippen molar-refractivity contribution < 1.29 is 57.6 Å². The van der Waals surface area contributed by atoms with Gasteiger partial charge in [0.25, 0.3) is 0 Å². The van der Waals surface area contributed by atoms with E-state index >= 15 is 0 Å². The van der Waals surface area contributed by atoms with Crippen LogP contribution in [0.25, 0.3) is 6.08 Å². The maximum atomic E-state index is 14.3. The molecular formula is C37H45N3O12. The Labute approximate surface area is 300 Å². The summed E-state index contributed by atoms with van der Waals surface area (Å²) in [6.45, 7) is 3.85. The van der Waals surface area contributed by atoms with E-state index in [-0.39, 0.29) is 63.4 Å². The number of cyclic esters (lactones) is 1. The first-order chi connectivity index (χ1) is 24.9. The van der Waals surface area contributed by atoms with Crippen LogP contribution < -0.4 is 10.6 Å². The van der Waals surface area contributed by atoms with Gasteiger partial charge in [-0.3, -0.25) is 19.2 Å². The summed E-state index contributed by atoms with van der Waals surface area (Å²) >= 11 is 0. The summed E-state index contributed by atoms with van der Waals surface area (Å²) in [6, 6.07) is 6.15. The third kappa shape index (κ3) is 6.09. The minimum Gasteiger partial charge on any atom is -0.462 e. The van der Waals surface area contributed by atoms with Crippen molar-refractivity contribution in [1.82, 2.24) is 15.7 Å². The lowest BCUT2D eigenvalue weighted by atomic mass is 9.62. The van der Waals surface area contributed by atoms with Crippen LogP contribution in [-0.4, -0.2) is 109 Å². The van der Waals surface area contributed by atoms with E-state index in [1.54, 1.807) is 32.1 Å². The summed E-state index contributed by atoms with van der Waals surface area (Å²) in [4.78, 5) is 71.6. The molecule has 15 nitrogen and oxygen atoms in total. The van der Waals surface area contributed by atoms with Crippen LogP contribution >= 0.6 is 0 Å². The number of rotatable bonds is 13. The summed E-state index contributed by atoms with van der Waals surface area (Å²) < 4.78 is 30.1. The van der Waals surface area contributed by atoms with E-state index in [1.165, 1.54) is 11.1 Å². The minimum atomic E-state index is -1.36. The van der Waals surface area contributed by atoms with E-state index < -0.39 is 77.0 Å². The van der Waals surface area contributed by atoms with Crippen molar-refractivity contribution in [1.29, 1.82) is 0 Å². The van der Waals surface area contributed by atoms with Gasteiger partial charge in [-0.1, -0.05) is 38.1 Å². The quantitative estimate of drug-likeness (QED) is 0.148. The number of hydroxylamine groups is 2. The van der Waals surface area contributed by atoms with Crippen molar-refractivity contribution in [2.45, 2.75) is 101 Å². The molecule has 3 aliphatic carbocycles. The molecule has 2 bridgehead atoms. The topological polar surface area (TPSA) is 188 Å². The summed E-state index contributed by atoms with van der Waals surface area (Å²) in [5.41, 5.74) is -0.516. The summed E-state index contributed by atoms with van der Waals surface area (Å²) in [5.74, 6) is -2.83. The van der Waals surface area contributed by atoms with Gasteiger partial charge in [0.1, 0.15) is 36.4 Å². The molecule has 7 atom stereocenters. The van der Waals surface area contributed by atoms with Gasteiger partial charge in [0.15, 0.2) is 11.8 Å². The first-order valence-corrected chi connectivity index (χ1v) is 18.2. The molecule has 1 aromatic rings. The van der Waals surface area contributed by atoms with Crippen LogP contribution in [0.2, 0.25) is 0 Å². The molecule has 4 saturated heterocycles. The molecule has 0 spiro atoms. The average Bonchev–Trinajstić information content (AvgIpc) is 4.06. The van der Waals surface area contributed by atoms with E-state index in [0.717, 1.165) is 31.2 Å². The zero-order chi connectivity index (χ0) is 36.4. The van der Waals surface area contributed by atoms with Gasteiger partial charge in [-0.2, -0.15) is 5.06 Å². The Morgan fingerprint density at radius 1 is 0.981 bits per heavy atom. The minimum absolute atomic E-state index is 0.00262. The van der Waals surface area contributed by atoms with Gasteiger partial charge in [-0.15, -0.1) is 0 Å². The normalized spacial score (nSPS) is 34.1. The largest absolute Gasteiger partial charge is 0.462 e. The molecule has 4 aliphatic heterocycles. The van der Waals surface area contributed by atoms with Gasteiger partial charge < -0.3 is 39.4 Å². The average molecular weight is 724 g/mol. The van der Waals surface area contributed by atoms with Crippen LogP contribution in [0.1, 0.15) is 63.5 Å². The first kappa shape index (κ1) is 35.2. The lowest BCUT2D eigenvalue weighted by molar-refractivity contribution is -0.235. The van der Waals surface area contributed by atoms with Crippen LogP contribution in [0.4, 0.5) is 0 Å². The van der Waals surface area contributed by atoms with Gasteiger partial charge in [0.05, 0.1) is 13.2 Å². The number of nitrogens with one attached hydrogen (secondary N) is 2. The fraction of sp³-hybridized carbons (Fsp3) is 0.649. The molecule has 0 unspecified atom stereocenters. The molecular weight excluding hydrogens is 678 g/mol. The zero-order valence-electron chi connectivity index (χ0n) is 29.2. The third-order valence-electron chi connectivity index (χ3n) is 11.5. The SMILES string of the molecule is CC1(C)COC(=O)[C@@H]1OC(=O)C=Cc1ccc(CN2O[C@@H]3[C@H]4OC(C5CC5)(C5CC5)O[C@H]4[C@@H]4C[C@]3(C(=O)NCCC(=O)NCCO)[C@@H]2C(=O)O4)cc1. The van der Waals surface area contributed by atoms with E-state index in [9.17, 15) is 24.0 Å². The van der Waals surface area contributed by atoms with Gasteiger partial charge >= 0.3 is 17.9 Å². The molecule has 4 heterocycles. The zero-order valence-corrected chi connectivity index (χ0v) is 29.2. The number of ether oxygens (including phenoxy) is 5. The number of fused-ring (bicyclic) bond motifs is 4. The summed E-state index contributed by atoms with van der Waals surface area (Å²) in [6.07, 6.45) is 3.22. The molecule has 0 radical (unpaired) electrons. The summed E-state index contributed by atoms with van der Waals surface area (Å²) in [5, 5.41) is 16.0. The van der Waals surface area contributed by atoms with E-state index in [2.05, 4.69) is 10.6 Å². The fourth-order valence-electron chi connectivity index (χ4n) is 8.57. The number of benzene rings is 1. The molecule has 2 amide bonds. The lowest BCUT2D eigenvalue weighted by Gasteiger charge is -2.48. The van der Waals surface area contributed by atoms with E-state index in [1.807, 2.05) is 12.1 Å². The Balaban J connectivity index is 1.01. The van der Waals surface area contributed by atoms with Crippen molar-refractivity contribution in [3.63, 3.8) is 0 Å². The van der Waals surface area contributed by atoms with Crippen LogP contribution in [-0.2, 0) is 59.0 Å². The first-order valence-electron chi connectivity index (χ1n) is 18.2. The Hall–Kier alpha value is -3.89. The number of amides is 2. The standard InChI is InChI=1S/C37H45N3O12/c1-35(2)19-47-33(45)31(35)49-26(43)12-7-20-3-5-21(6-4-20)18-40-29-32(44)48-24-17-36(29,34(46)39-14-13-25(42)38-15-16-41)30(52-40)28-27(24)50-37(51-28,22-8-9-22)23-10-11-23/h3-7,12,22-24,27-31,41H,8-11,13-19H2,1-2H3,(H,38,42)(H,39,46)/t24-,27-,28-,29-,30+,31-,36-/m0/s1. The molecule has 0 aromatic heterocycles. The number of aliphatic hydroxyl groups excluding tert-OH is 1. The van der Waals surface area contributed by atoms with Crippen molar-refractivity contribution in [2.75, 3.05) is 26.3 Å². The molecule has 7 fully saturated rings. The maximum absolute atomic E-state index is 14.3. The number of carbonyl (C=O) groups is 5. The van der Waals surface area contributed by atoms with Crippen molar-refractivity contribution in [3.05, 3.63) is 41.5 Å². The van der Waals surface area contributed by atoms with Crippen molar-refractivity contribution in [3.8, 4) is 0 Å². The van der Waals surface area contributed by atoms with Crippen molar-refractivity contribution >= 4 is 35.8 Å². The molecule has 15 heteroatoms. The summed E-state index contributed by atoms with van der Waals surface area (Å²) in [7, 11) is 0. The Kier molecular flexibility index (Phi) is 8.92. The highest BCUT2D eigenvalue weighted by Crippen LogP contribution is 2.63. The van der Waals surface area contributed by atoms with Gasteiger partial charge in [-0.25, -0.2) is 9.59 Å². The highest BCUT2D eigenvalue weighted by molar-refractivity contribution is 5.94. The van der Waals surface area contributed by atoms with E-state index in [0.29, 0.717) is 5.56 Å². The monoisotopic (exact) mass is 723 g/mol. The maximum Gasteiger partial charge on any atom is 0.348 e. The predicted molar refractivity (Wildman–Crippen MR) is 177 cm³/mol. The van der Waals surface area contributed by atoms with E-state index in [4.69, 9.17) is 33.6 Å². The number of hydrogen-bond donors (Lipinski definition) is 3. The van der Waals surface area contributed by atoms with Crippen LogP contribution in [0.5, 0.6) is 0 Å². The third-order valence-corrected chi connectivity index (χ3v) is 11.5. The molecule has 280 valence electrons. The van der Waals surface area contributed by atoms with Gasteiger partial charge in [0, 0.05) is 49.3 Å². The predicted octanol–water partition coefficient (Wildman–Crippen LogP) is 0.910. The second kappa shape index (κ2) is 13.2. The highest BCUT2D eigenvalue weighted by atomic mass is 16.8. The Bertz CT molecular complexity index is 1640. The molecule has 1 aromatic carbocycles. The van der Waals surface area contributed by atoms with Crippen LogP contribution in [0, 0.1) is 22.7 Å². The van der Waals surface area contributed by atoms with Crippen LogP contribution in [0.15, 0.2) is 30.3 Å². The Morgan fingerprint density at radius 2 is 1.69 bits per heavy atom. The molecule has 8 rings (SSSR count). The molecule has 52 heavy (non-hydrogen) atoms. The number of carbonyl (C=O) groups excluding carboxylic acids is 5. The van der Waals surface area contributed by atoms with Crippen molar-refractivity contribution in [2.24, 2.45) is 22.7 Å². The van der Waals surface area contributed by atoms with Crippen LogP contribution in [0.3, 0.4) is 0 Å². The highest BCUT2D eigenvalue weighted by Gasteiger charge is 2.78. The number of esters is 3. The second-order valence-electron chi connectivity index (χ2n) is 15.7. The number of hydrogen-bond acceptors (Lipinski definition) is 13. The molecule has 3 N–H and O–H groups in total. The molecule has 7 aliphatic rings. The smallest absolute Gasteiger partial charge is 0.348 e. The molecule has 3 saturated carbocycles. The van der Waals surface area contributed by atoms with Gasteiger partial charge in [-0.05, 0) is 42.9 Å². The lowest BCUT2D eigenvalue weighted by Crippen LogP contribution is -2.69.